The Labute approximate surface area is 177 Å². The second kappa shape index (κ2) is 15.0. The first kappa shape index (κ1) is 23.3. The van der Waals surface area contributed by atoms with Gasteiger partial charge in [-0.3, -0.25) is 0 Å². The van der Waals surface area contributed by atoms with Crippen molar-refractivity contribution in [1.82, 2.24) is 9.97 Å². The van der Waals surface area contributed by atoms with Gasteiger partial charge in [-0.15, -0.1) is 0 Å². The molecule has 0 N–H and O–H groups in total. The molecule has 0 radical (unpaired) electrons. The van der Waals surface area contributed by atoms with Crippen molar-refractivity contribution in [3.63, 3.8) is 0 Å². The van der Waals surface area contributed by atoms with Gasteiger partial charge in [0.05, 0.1) is 19.0 Å². The minimum Gasteiger partial charge on any atom is -0.490 e. The van der Waals surface area contributed by atoms with E-state index in [4.69, 9.17) is 9.47 Å². The second-order valence-corrected chi connectivity index (χ2v) is 7.56. The standard InChI is InChI=1S/C25H38N2O2/c1-3-5-6-7-8-9-10-13-22-14-16-23(17-15-22)25-26-20-24(21-27-25)29-19-12-11-18-28-4-2/h14-17,20-21H,3-13,18-19H2,1-2H3. The molecule has 1 aromatic heterocycles. The van der Waals surface area contributed by atoms with E-state index < -0.39 is 0 Å². The molecule has 4 nitrogen and oxygen atoms in total. The van der Waals surface area contributed by atoms with Gasteiger partial charge in [0.25, 0.3) is 0 Å². The largest absolute Gasteiger partial charge is 0.490 e. The molecule has 2 aromatic rings. The van der Waals surface area contributed by atoms with Crippen LogP contribution >= 0.6 is 0 Å². The van der Waals surface area contributed by atoms with Crippen LogP contribution in [0.2, 0.25) is 0 Å². The maximum atomic E-state index is 5.70. The Hall–Kier alpha value is -1.94. The summed E-state index contributed by atoms with van der Waals surface area (Å²) in [5, 5.41) is 0. The molecular weight excluding hydrogens is 360 g/mol. The molecule has 29 heavy (non-hydrogen) atoms. The van der Waals surface area contributed by atoms with Crippen molar-refractivity contribution in [2.24, 2.45) is 0 Å². The summed E-state index contributed by atoms with van der Waals surface area (Å²) in [7, 11) is 0. The molecule has 0 amide bonds. The number of ether oxygens (including phenoxy) is 2. The lowest BCUT2D eigenvalue weighted by Crippen LogP contribution is -2.01. The van der Waals surface area contributed by atoms with Crippen LogP contribution in [-0.2, 0) is 11.2 Å². The third-order valence-corrected chi connectivity index (χ3v) is 5.07. The predicted octanol–water partition coefficient (Wildman–Crippen LogP) is 6.63. The number of benzene rings is 1. The van der Waals surface area contributed by atoms with E-state index in [9.17, 15) is 0 Å². The fourth-order valence-corrected chi connectivity index (χ4v) is 3.29. The zero-order valence-electron chi connectivity index (χ0n) is 18.4. The van der Waals surface area contributed by atoms with E-state index in [1.165, 1.54) is 50.5 Å². The lowest BCUT2D eigenvalue weighted by atomic mass is 10.0. The fourth-order valence-electron chi connectivity index (χ4n) is 3.29. The Balaban J connectivity index is 1.68. The quantitative estimate of drug-likeness (QED) is 0.298. The van der Waals surface area contributed by atoms with Gasteiger partial charge in [0.2, 0.25) is 0 Å². The molecule has 0 saturated carbocycles. The fraction of sp³-hybridized carbons (Fsp3) is 0.600. The van der Waals surface area contributed by atoms with Crippen molar-refractivity contribution in [1.29, 1.82) is 0 Å². The highest BCUT2D eigenvalue weighted by atomic mass is 16.5. The molecule has 0 aliphatic carbocycles. The number of rotatable bonds is 16. The van der Waals surface area contributed by atoms with E-state index in [0.29, 0.717) is 6.61 Å². The van der Waals surface area contributed by atoms with Crippen LogP contribution in [0.15, 0.2) is 36.7 Å². The van der Waals surface area contributed by atoms with Crippen molar-refractivity contribution in [2.45, 2.75) is 78.1 Å². The average molecular weight is 399 g/mol. The van der Waals surface area contributed by atoms with Crippen LogP contribution in [0.1, 0.15) is 77.2 Å². The van der Waals surface area contributed by atoms with Gasteiger partial charge in [0, 0.05) is 18.8 Å². The van der Waals surface area contributed by atoms with Crippen LogP contribution in [0.25, 0.3) is 11.4 Å². The molecule has 0 aliphatic rings. The summed E-state index contributed by atoms with van der Waals surface area (Å²) in [5.74, 6) is 1.47. The van der Waals surface area contributed by atoms with Crippen molar-refractivity contribution >= 4 is 0 Å². The molecule has 0 unspecified atom stereocenters. The summed E-state index contributed by atoms with van der Waals surface area (Å²) < 4.78 is 11.0. The topological polar surface area (TPSA) is 44.2 Å². The van der Waals surface area contributed by atoms with Crippen LogP contribution in [0, 0.1) is 0 Å². The monoisotopic (exact) mass is 398 g/mol. The smallest absolute Gasteiger partial charge is 0.159 e. The Bertz CT molecular complexity index is 641. The highest BCUT2D eigenvalue weighted by Crippen LogP contribution is 2.19. The molecule has 1 heterocycles. The maximum absolute atomic E-state index is 5.70. The van der Waals surface area contributed by atoms with Gasteiger partial charge in [0.15, 0.2) is 11.6 Å². The minimum atomic E-state index is 0.670. The second-order valence-electron chi connectivity index (χ2n) is 7.56. The average Bonchev–Trinajstić information content (AvgIpc) is 2.76. The molecule has 160 valence electrons. The highest BCUT2D eigenvalue weighted by Gasteiger charge is 2.03. The Morgan fingerprint density at radius 1 is 0.724 bits per heavy atom. The van der Waals surface area contributed by atoms with E-state index in [0.717, 1.165) is 49.6 Å². The van der Waals surface area contributed by atoms with Gasteiger partial charge in [-0.25, -0.2) is 9.97 Å². The molecule has 4 heteroatoms. The van der Waals surface area contributed by atoms with Crippen LogP contribution in [0.5, 0.6) is 5.75 Å². The molecule has 2 rings (SSSR count). The van der Waals surface area contributed by atoms with Gasteiger partial charge < -0.3 is 9.47 Å². The third-order valence-electron chi connectivity index (χ3n) is 5.07. The minimum absolute atomic E-state index is 0.670. The first-order valence-corrected chi connectivity index (χ1v) is 11.5. The normalized spacial score (nSPS) is 11.0. The highest BCUT2D eigenvalue weighted by molar-refractivity contribution is 5.55. The lowest BCUT2D eigenvalue weighted by Gasteiger charge is -2.07. The molecule has 0 aliphatic heterocycles. The Morgan fingerprint density at radius 2 is 1.38 bits per heavy atom. The first-order chi connectivity index (χ1) is 14.3. The number of nitrogens with zero attached hydrogens (tertiary/aromatic N) is 2. The summed E-state index contributed by atoms with van der Waals surface area (Å²) in [6.07, 6.45) is 16.1. The molecule has 0 atom stereocenters. The lowest BCUT2D eigenvalue weighted by molar-refractivity contribution is 0.138. The van der Waals surface area contributed by atoms with Gasteiger partial charge >= 0.3 is 0 Å². The van der Waals surface area contributed by atoms with E-state index in [1.807, 2.05) is 6.92 Å². The van der Waals surface area contributed by atoms with E-state index in [2.05, 4.69) is 41.2 Å². The number of hydrogen-bond donors (Lipinski definition) is 0. The number of unbranched alkanes of at least 4 members (excludes halogenated alkanes) is 7. The summed E-state index contributed by atoms with van der Waals surface area (Å²) in [6.45, 7) is 6.52. The Kier molecular flexibility index (Phi) is 12.1. The zero-order chi connectivity index (χ0) is 20.6. The molecular formula is C25H38N2O2. The summed E-state index contributed by atoms with van der Waals surface area (Å²) in [4.78, 5) is 8.91. The third kappa shape index (κ3) is 9.89. The van der Waals surface area contributed by atoms with Crippen LogP contribution in [0.3, 0.4) is 0 Å². The number of aromatic nitrogens is 2. The van der Waals surface area contributed by atoms with Crippen molar-refractivity contribution < 1.29 is 9.47 Å². The van der Waals surface area contributed by atoms with Gasteiger partial charge in [-0.1, -0.05) is 69.7 Å². The molecule has 0 saturated heterocycles. The molecule has 0 bridgehead atoms. The van der Waals surface area contributed by atoms with Gasteiger partial charge in [-0.05, 0) is 38.2 Å². The van der Waals surface area contributed by atoms with E-state index >= 15 is 0 Å². The summed E-state index contributed by atoms with van der Waals surface area (Å²) >= 11 is 0. The SMILES string of the molecule is CCCCCCCCCc1ccc(-c2ncc(OCCCCOCC)cn2)cc1. The first-order valence-electron chi connectivity index (χ1n) is 11.5. The summed E-state index contributed by atoms with van der Waals surface area (Å²) in [6, 6.07) is 8.66. The van der Waals surface area contributed by atoms with E-state index in [-0.39, 0.29) is 0 Å². The predicted molar refractivity (Wildman–Crippen MR) is 120 cm³/mol. The van der Waals surface area contributed by atoms with Gasteiger partial charge in [0.1, 0.15) is 0 Å². The van der Waals surface area contributed by atoms with Crippen molar-refractivity contribution in [3.8, 4) is 17.1 Å². The van der Waals surface area contributed by atoms with Crippen LogP contribution < -0.4 is 4.74 Å². The Morgan fingerprint density at radius 3 is 2.07 bits per heavy atom. The van der Waals surface area contributed by atoms with Gasteiger partial charge in [-0.2, -0.15) is 0 Å². The molecule has 0 fully saturated rings. The molecule has 1 aromatic carbocycles. The van der Waals surface area contributed by atoms with Crippen molar-refractivity contribution in [2.75, 3.05) is 19.8 Å². The molecule has 0 spiro atoms. The maximum Gasteiger partial charge on any atom is 0.159 e. The van der Waals surface area contributed by atoms with E-state index in [1.54, 1.807) is 12.4 Å². The zero-order valence-corrected chi connectivity index (χ0v) is 18.4. The van der Waals surface area contributed by atoms with Crippen LogP contribution in [-0.4, -0.2) is 29.8 Å². The number of aryl methyl sites for hydroxylation is 1. The van der Waals surface area contributed by atoms with Crippen molar-refractivity contribution in [3.05, 3.63) is 42.2 Å². The number of hydrogen-bond acceptors (Lipinski definition) is 4. The summed E-state index contributed by atoms with van der Waals surface area (Å²) in [5.41, 5.74) is 2.45. The van der Waals surface area contributed by atoms with Crippen LogP contribution in [0.4, 0.5) is 0 Å².